The van der Waals surface area contributed by atoms with Crippen molar-refractivity contribution in [3.8, 4) is 11.5 Å². The number of hydrogen-bond acceptors (Lipinski definition) is 7. The second kappa shape index (κ2) is 8.19. The van der Waals surface area contributed by atoms with Crippen LogP contribution in [0.4, 0.5) is 4.79 Å². The maximum Gasteiger partial charge on any atom is 0.332 e. The van der Waals surface area contributed by atoms with Gasteiger partial charge in [0.25, 0.3) is 5.56 Å². The number of ether oxygens (including phenoxy) is 2. The third-order valence-corrected chi connectivity index (χ3v) is 7.99. The Labute approximate surface area is 208 Å². The summed E-state index contributed by atoms with van der Waals surface area (Å²) in [5.74, 6) is 0.577. The molecule has 4 aliphatic heterocycles. The van der Waals surface area contributed by atoms with Gasteiger partial charge in [-0.25, -0.2) is 4.79 Å². The van der Waals surface area contributed by atoms with Gasteiger partial charge in [0.1, 0.15) is 5.41 Å². The van der Waals surface area contributed by atoms with Crippen LogP contribution in [0.1, 0.15) is 23.6 Å². The summed E-state index contributed by atoms with van der Waals surface area (Å²) in [6.45, 7) is 2.23. The lowest BCUT2D eigenvalue weighted by atomic mass is 9.75. The predicted molar refractivity (Wildman–Crippen MR) is 128 cm³/mol. The molecule has 0 radical (unpaired) electrons. The largest absolute Gasteiger partial charge is 0.454 e. The van der Waals surface area contributed by atoms with Crippen LogP contribution >= 0.6 is 0 Å². The lowest BCUT2D eigenvalue weighted by Crippen LogP contribution is -2.67. The summed E-state index contributed by atoms with van der Waals surface area (Å²) in [6, 6.07) is 10.2. The second-order valence-corrected chi connectivity index (χ2v) is 10.3. The van der Waals surface area contributed by atoms with Gasteiger partial charge in [-0.15, -0.1) is 0 Å². The second-order valence-electron chi connectivity index (χ2n) is 10.3. The molecule has 2 aromatic rings. The molecule has 2 bridgehead atoms. The molecule has 36 heavy (non-hydrogen) atoms. The number of pyridine rings is 1. The Bertz CT molecular complexity index is 1310. The van der Waals surface area contributed by atoms with Crippen LogP contribution < -0.4 is 15.0 Å². The summed E-state index contributed by atoms with van der Waals surface area (Å²) in [5.41, 5.74) is 0.298. The van der Waals surface area contributed by atoms with Crippen molar-refractivity contribution in [2.75, 3.05) is 40.5 Å². The van der Waals surface area contributed by atoms with E-state index in [1.807, 2.05) is 16.7 Å². The topological polar surface area (TPSA) is 101 Å². The first-order chi connectivity index (χ1) is 17.3. The molecule has 0 aliphatic carbocycles. The van der Waals surface area contributed by atoms with Crippen LogP contribution in [0.25, 0.3) is 0 Å². The van der Waals surface area contributed by atoms with Crippen molar-refractivity contribution in [2.24, 2.45) is 11.3 Å². The minimum Gasteiger partial charge on any atom is -0.454 e. The highest BCUT2D eigenvalue weighted by Gasteiger charge is 2.56. The maximum atomic E-state index is 13.7. The molecule has 0 saturated carbocycles. The summed E-state index contributed by atoms with van der Waals surface area (Å²) in [4.78, 5) is 56.8. The maximum absolute atomic E-state index is 13.7. The van der Waals surface area contributed by atoms with Crippen molar-refractivity contribution in [2.45, 2.75) is 25.3 Å². The zero-order chi connectivity index (χ0) is 25.2. The van der Waals surface area contributed by atoms with Gasteiger partial charge in [0.05, 0.1) is 0 Å². The molecular formula is C26H28N4O6. The first-order valence-electron chi connectivity index (χ1n) is 12.2. The number of carbonyl (C=O) groups is 3. The van der Waals surface area contributed by atoms with Gasteiger partial charge in [0, 0.05) is 58.0 Å². The molecule has 10 nitrogen and oxygen atoms in total. The molecule has 188 valence electrons. The third-order valence-electron chi connectivity index (χ3n) is 7.99. The fourth-order valence-corrected chi connectivity index (χ4v) is 6.38. The van der Waals surface area contributed by atoms with Crippen LogP contribution in [-0.2, 0) is 22.6 Å². The Morgan fingerprint density at radius 3 is 2.44 bits per heavy atom. The molecule has 1 aromatic carbocycles. The SMILES string of the molecule is CN1C(=O)N(C)C(=O)C(Cc2ccc3c(c2)OCO3)(CN2C[C@H]3C[C@H](C2)c2cccc(=O)n2C3)C1=O. The van der Waals surface area contributed by atoms with Crippen molar-refractivity contribution >= 4 is 17.8 Å². The van der Waals surface area contributed by atoms with Crippen molar-refractivity contribution in [3.05, 3.63) is 58.0 Å². The lowest BCUT2D eigenvalue weighted by Gasteiger charge is -2.48. The molecule has 2 atom stereocenters. The molecule has 10 heteroatoms. The fraction of sp³-hybridized carbons (Fsp3) is 0.462. The van der Waals surface area contributed by atoms with E-state index < -0.39 is 23.3 Å². The standard InChI is InChI=1S/C26H28N4O6/c1-27-23(32)26(24(33)28(2)25(27)34,10-16-6-7-20-21(9-16)36-15-35-20)14-29-11-17-8-18(13-29)19-4-3-5-22(31)30(19)12-17/h3-7,9,17-18H,8,10-15H2,1-2H3/t17-,18-/m1/s1. The molecule has 4 amide bonds. The van der Waals surface area contributed by atoms with Crippen molar-refractivity contribution in [3.63, 3.8) is 0 Å². The van der Waals surface area contributed by atoms with E-state index in [9.17, 15) is 19.2 Å². The average Bonchev–Trinajstić information content (AvgIpc) is 3.34. The number of carbonyl (C=O) groups excluding carboxylic acids is 3. The number of likely N-dealkylation sites (tertiary alicyclic amines) is 1. The van der Waals surface area contributed by atoms with Crippen LogP contribution in [0.15, 0.2) is 41.2 Å². The molecule has 0 spiro atoms. The number of fused-ring (bicyclic) bond motifs is 5. The number of barbiturate groups is 1. The highest BCUT2D eigenvalue weighted by atomic mass is 16.7. The van der Waals surface area contributed by atoms with Crippen molar-refractivity contribution in [1.82, 2.24) is 19.3 Å². The molecule has 4 aliphatic rings. The van der Waals surface area contributed by atoms with E-state index in [-0.39, 0.29) is 37.2 Å². The zero-order valence-electron chi connectivity index (χ0n) is 20.3. The quantitative estimate of drug-likeness (QED) is 0.593. The van der Waals surface area contributed by atoms with E-state index in [4.69, 9.17) is 9.47 Å². The van der Waals surface area contributed by atoms with Gasteiger partial charge < -0.3 is 18.9 Å². The van der Waals surface area contributed by atoms with Crippen LogP contribution in [0, 0.1) is 11.3 Å². The van der Waals surface area contributed by atoms with Crippen LogP contribution in [0.3, 0.4) is 0 Å². The molecule has 0 unspecified atom stereocenters. The minimum atomic E-state index is -1.47. The fourth-order valence-electron chi connectivity index (χ4n) is 6.38. The number of piperidine rings is 1. The highest BCUT2D eigenvalue weighted by molar-refractivity contribution is 6.19. The third kappa shape index (κ3) is 3.42. The highest BCUT2D eigenvalue weighted by Crippen LogP contribution is 2.40. The van der Waals surface area contributed by atoms with Gasteiger partial charge in [-0.2, -0.15) is 0 Å². The Kier molecular flexibility index (Phi) is 5.18. The minimum absolute atomic E-state index is 0.00864. The molecule has 2 fully saturated rings. The molecule has 1 aromatic heterocycles. The Morgan fingerprint density at radius 1 is 0.917 bits per heavy atom. The van der Waals surface area contributed by atoms with Crippen molar-refractivity contribution in [1.29, 1.82) is 0 Å². The van der Waals surface area contributed by atoms with E-state index in [1.54, 1.807) is 24.3 Å². The van der Waals surface area contributed by atoms with Gasteiger partial charge in [-0.05, 0) is 42.5 Å². The van der Waals surface area contributed by atoms with Gasteiger partial charge in [-0.3, -0.25) is 24.2 Å². The van der Waals surface area contributed by atoms with E-state index in [0.29, 0.717) is 31.1 Å². The molecule has 6 rings (SSSR count). The predicted octanol–water partition coefficient (Wildman–Crippen LogP) is 1.28. The number of urea groups is 1. The van der Waals surface area contributed by atoms with E-state index in [1.165, 1.54) is 14.1 Å². The van der Waals surface area contributed by atoms with Crippen LogP contribution in [0.2, 0.25) is 0 Å². The normalized spacial score (nSPS) is 24.8. The number of aromatic nitrogens is 1. The number of amides is 4. The first-order valence-corrected chi connectivity index (χ1v) is 12.2. The Hall–Kier alpha value is -3.66. The summed E-state index contributed by atoms with van der Waals surface area (Å²) < 4.78 is 12.8. The van der Waals surface area contributed by atoms with Crippen LogP contribution in [0.5, 0.6) is 11.5 Å². The first kappa shape index (κ1) is 22.8. The smallest absolute Gasteiger partial charge is 0.332 e. The number of rotatable bonds is 4. The van der Waals surface area contributed by atoms with E-state index >= 15 is 0 Å². The zero-order valence-corrected chi connectivity index (χ0v) is 20.3. The monoisotopic (exact) mass is 492 g/mol. The summed E-state index contributed by atoms with van der Waals surface area (Å²) in [7, 11) is 2.85. The molecular weight excluding hydrogens is 464 g/mol. The number of imide groups is 2. The number of benzene rings is 1. The van der Waals surface area contributed by atoms with Gasteiger partial charge in [-0.1, -0.05) is 12.1 Å². The van der Waals surface area contributed by atoms with Crippen LogP contribution in [-0.4, -0.2) is 77.6 Å². The lowest BCUT2D eigenvalue weighted by molar-refractivity contribution is -0.159. The number of nitrogens with zero attached hydrogens (tertiary/aromatic N) is 4. The van der Waals surface area contributed by atoms with Gasteiger partial charge in [0.15, 0.2) is 11.5 Å². The Morgan fingerprint density at radius 2 is 1.67 bits per heavy atom. The average molecular weight is 493 g/mol. The summed E-state index contributed by atoms with van der Waals surface area (Å²) in [5, 5.41) is 0. The van der Waals surface area contributed by atoms with Gasteiger partial charge in [0.2, 0.25) is 18.6 Å². The molecule has 2 saturated heterocycles. The van der Waals surface area contributed by atoms with E-state index in [2.05, 4.69) is 4.90 Å². The van der Waals surface area contributed by atoms with E-state index in [0.717, 1.165) is 27.5 Å². The molecule has 5 heterocycles. The Balaban J connectivity index is 1.35. The summed E-state index contributed by atoms with van der Waals surface area (Å²) >= 11 is 0. The van der Waals surface area contributed by atoms with Gasteiger partial charge >= 0.3 is 6.03 Å². The number of hydrogen-bond donors (Lipinski definition) is 0. The summed E-state index contributed by atoms with van der Waals surface area (Å²) in [6.07, 6.45) is 1.10. The van der Waals surface area contributed by atoms with Crippen molar-refractivity contribution < 1.29 is 23.9 Å². The molecule has 0 N–H and O–H groups in total.